The molecule has 0 aliphatic rings. The molecule has 0 saturated heterocycles. The zero-order valence-corrected chi connectivity index (χ0v) is 12.5. The van der Waals surface area contributed by atoms with Gasteiger partial charge in [-0.15, -0.1) is 0 Å². The summed E-state index contributed by atoms with van der Waals surface area (Å²) in [4.78, 5) is 27.6. The van der Waals surface area contributed by atoms with E-state index in [1.54, 1.807) is 34.5 Å². The third kappa shape index (κ3) is 3.34. The highest BCUT2D eigenvalue weighted by atomic mass is 32.2. The summed E-state index contributed by atoms with van der Waals surface area (Å²) in [5.74, 6) is -0.251. The van der Waals surface area contributed by atoms with E-state index in [0.29, 0.717) is 22.6 Å². The van der Waals surface area contributed by atoms with Crippen LogP contribution in [0.2, 0.25) is 0 Å². The van der Waals surface area contributed by atoms with E-state index >= 15 is 0 Å². The fourth-order valence-corrected chi connectivity index (χ4v) is 2.87. The van der Waals surface area contributed by atoms with Gasteiger partial charge in [-0.1, -0.05) is 23.9 Å². The van der Waals surface area contributed by atoms with Crippen LogP contribution in [0.1, 0.15) is 0 Å². The molecule has 106 valence electrons. The molecular formula is C13H14N2O3S2. The van der Waals surface area contributed by atoms with E-state index < -0.39 is 5.97 Å². The molecule has 1 heterocycles. The molecule has 0 unspecified atom stereocenters. The van der Waals surface area contributed by atoms with Gasteiger partial charge in [-0.25, -0.2) is 4.98 Å². The monoisotopic (exact) mass is 310 g/mol. The van der Waals surface area contributed by atoms with Crippen molar-refractivity contribution in [1.82, 2.24) is 9.55 Å². The predicted octanol–water partition coefficient (Wildman–Crippen LogP) is 1.94. The Kier molecular flexibility index (Phi) is 5.08. The van der Waals surface area contributed by atoms with Gasteiger partial charge in [0.2, 0.25) is 0 Å². The van der Waals surface area contributed by atoms with Gasteiger partial charge in [0.05, 0.1) is 16.7 Å². The van der Waals surface area contributed by atoms with Crippen molar-refractivity contribution in [2.24, 2.45) is 0 Å². The molecule has 0 aliphatic carbocycles. The second kappa shape index (κ2) is 6.81. The number of hydrogen-bond donors (Lipinski definition) is 1. The van der Waals surface area contributed by atoms with Gasteiger partial charge in [0.1, 0.15) is 0 Å². The van der Waals surface area contributed by atoms with E-state index in [0.717, 1.165) is 17.5 Å². The van der Waals surface area contributed by atoms with E-state index in [-0.39, 0.29) is 11.3 Å². The van der Waals surface area contributed by atoms with Gasteiger partial charge in [0.15, 0.2) is 5.16 Å². The van der Waals surface area contributed by atoms with Gasteiger partial charge < -0.3 is 5.11 Å². The lowest BCUT2D eigenvalue weighted by Crippen LogP contribution is -2.24. The molecule has 1 aromatic carbocycles. The smallest absolute Gasteiger partial charge is 0.313 e. The Balaban J connectivity index is 2.51. The Morgan fingerprint density at radius 1 is 1.40 bits per heavy atom. The Morgan fingerprint density at radius 2 is 2.15 bits per heavy atom. The number of para-hydroxylation sites is 1. The Morgan fingerprint density at radius 3 is 2.85 bits per heavy atom. The minimum absolute atomic E-state index is 0.107. The number of hydrogen-bond acceptors (Lipinski definition) is 5. The van der Waals surface area contributed by atoms with Crippen molar-refractivity contribution in [2.45, 2.75) is 11.7 Å². The number of thioether (sulfide) groups is 2. The Hall–Kier alpha value is -1.47. The number of aromatic nitrogens is 2. The largest absolute Gasteiger partial charge is 0.481 e. The van der Waals surface area contributed by atoms with Crippen molar-refractivity contribution < 1.29 is 9.90 Å². The summed E-state index contributed by atoms with van der Waals surface area (Å²) in [5.41, 5.74) is 0.489. The van der Waals surface area contributed by atoms with Gasteiger partial charge >= 0.3 is 5.97 Å². The number of benzene rings is 1. The summed E-state index contributed by atoms with van der Waals surface area (Å²) in [6, 6.07) is 7.12. The van der Waals surface area contributed by atoms with E-state index in [2.05, 4.69) is 4.98 Å². The highest BCUT2D eigenvalue weighted by Gasteiger charge is 2.12. The van der Waals surface area contributed by atoms with E-state index in [4.69, 9.17) is 5.11 Å². The van der Waals surface area contributed by atoms with Crippen molar-refractivity contribution in [3.8, 4) is 0 Å². The van der Waals surface area contributed by atoms with Crippen molar-refractivity contribution in [1.29, 1.82) is 0 Å². The molecule has 0 aliphatic heterocycles. The molecule has 0 radical (unpaired) electrons. The molecule has 5 nitrogen and oxygen atoms in total. The van der Waals surface area contributed by atoms with Crippen LogP contribution in [-0.2, 0) is 11.3 Å². The second-order valence-corrected chi connectivity index (χ2v) is 5.97. The molecule has 1 aromatic heterocycles. The van der Waals surface area contributed by atoms with Crippen LogP contribution >= 0.6 is 23.5 Å². The molecule has 2 aromatic rings. The van der Waals surface area contributed by atoms with Crippen molar-refractivity contribution in [3.05, 3.63) is 34.6 Å². The molecule has 2 rings (SSSR count). The van der Waals surface area contributed by atoms with Crippen LogP contribution in [0.3, 0.4) is 0 Å². The molecular weight excluding hydrogens is 296 g/mol. The highest BCUT2D eigenvalue weighted by Crippen LogP contribution is 2.17. The quantitative estimate of drug-likeness (QED) is 0.649. The summed E-state index contributed by atoms with van der Waals surface area (Å²) in [5, 5.41) is 9.81. The average Bonchev–Trinajstić information content (AvgIpc) is 2.44. The van der Waals surface area contributed by atoms with Gasteiger partial charge in [0.25, 0.3) is 5.56 Å². The number of aliphatic carboxylic acids is 1. The maximum Gasteiger partial charge on any atom is 0.313 e. The molecule has 0 atom stereocenters. The Labute approximate surface area is 124 Å². The third-order valence-electron chi connectivity index (χ3n) is 2.67. The van der Waals surface area contributed by atoms with E-state index in [1.807, 2.05) is 12.3 Å². The number of carboxylic acids is 1. The zero-order valence-electron chi connectivity index (χ0n) is 10.9. The summed E-state index contributed by atoms with van der Waals surface area (Å²) in [7, 11) is 0. The van der Waals surface area contributed by atoms with Gasteiger partial charge in [-0.3, -0.25) is 14.2 Å². The van der Waals surface area contributed by atoms with Gasteiger partial charge in [-0.2, -0.15) is 11.8 Å². The molecule has 7 heteroatoms. The van der Waals surface area contributed by atoms with E-state index in [1.165, 1.54) is 0 Å². The molecule has 20 heavy (non-hydrogen) atoms. The van der Waals surface area contributed by atoms with Crippen LogP contribution in [0.5, 0.6) is 0 Å². The van der Waals surface area contributed by atoms with E-state index in [9.17, 15) is 9.59 Å². The Bertz CT molecular complexity index is 685. The standard InChI is InChI=1S/C13H14N2O3S2/c1-19-7-6-15-12(18)9-4-2-3-5-10(9)14-13(15)20-8-11(16)17/h2-5H,6-8H2,1H3,(H,16,17). The summed E-state index contributed by atoms with van der Waals surface area (Å²) >= 11 is 2.71. The molecule has 0 spiro atoms. The number of carbonyl (C=O) groups is 1. The van der Waals surface area contributed by atoms with Crippen molar-refractivity contribution in [3.63, 3.8) is 0 Å². The third-order valence-corrected chi connectivity index (χ3v) is 4.22. The van der Waals surface area contributed by atoms with Gasteiger partial charge in [0, 0.05) is 12.3 Å². The van der Waals surface area contributed by atoms with Crippen LogP contribution in [-0.4, -0.2) is 38.4 Å². The summed E-state index contributed by atoms with van der Waals surface area (Å²) in [6.07, 6.45) is 1.96. The SMILES string of the molecule is CSCCn1c(SCC(=O)O)nc2ccccc2c1=O. The lowest BCUT2D eigenvalue weighted by atomic mass is 10.2. The number of rotatable bonds is 6. The molecule has 0 saturated carbocycles. The van der Waals surface area contributed by atoms with Crippen LogP contribution in [0, 0.1) is 0 Å². The van der Waals surface area contributed by atoms with Crippen LogP contribution in [0.15, 0.2) is 34.2 Å². The molecule has 0 fully saturated rings. The first-order chi connectivity index (χ1) is 9.63. The highest BCUT2D eigenvalue weighted by molar-refractivity contribution is 7.99. The molecule has 0 amide bonds. The topological polar surface area (TPSA) is 72.2 Å². The lowest BCUT2D eigenvalue weighted by Gasteiger charge is -2.11. The maximum absolute atomic E-state index is 12.5. The first-order valence-electron chi connectivity index (χ1n) is 5.96. The zero-order chi connectivity index (χ0) is 14.5. The van der Waals surface area contributed by atoms with Crippen molar-refractivity contribution >= 4 is 40.4 Å². The van der Waals surface area contributed by atoms with Crippen molar-refractivity contribution in [2.75, 3.05) is 17.8 Å². The number of nitrogens with zero attached hydrogens (tertiary/aromatic N) is 2. The first-order valence-corrected chi connectivity index (χ1v) is 8.34. The van der Waals surface area contributed by atoms with Crippen LogP contribution in [0.4, 0.5) is 0 Å². The minimum atomic E-state index is -0.922. The second-order valence-electron chi connectivity index (χ2n) is 4.04. The predicted molar refractivity (Wildman–Crippen MR) is 82.7 cm³/mol. The maximum atomic E-state index is 12.5. The number of carboxylic acid groups (broad SMARTS) is 1. The number of fused-ring (bicyclic) bond motifs is 1. The lowest BCUT2D eigenvalue weighted by molar-refractivity contribution is -0.133. The fourth-order valence-electron chi connectivity index (χ4n) is 1.76. The molecule has 1 N–H and O–H groups in total. The first kappa shape index (κ1) is 14.9. The van der Waals surface area contributed by atoms with Gasteiger partial charge in [-0.05, 0) is 18.4 Å². The minimum Gasteiger partial charge on any atom is -0.481 e. The summed E-state index contributed by atoms with van der Waals surface area (Å²) < 4.78 is 1.56. The normalized spacial score (nSPS) is 10.8. The average molecular weight is 310 g/mol. The van der Waals surface area contributed by atoms with Crippen LogP contribution < -0.4 is 5.56 Å². The fraction of sp³-hybridized carbons (Fsp3) is 0.308. The van der Waals surface area contributed by atoms with Crippen LogP contribution in [0.25, 0.3) is 10.9 Å². The summed E-state index contributed by atoms with van der Waals surface area (Å²) in [6.45, 7) is 0.528. The molecule has 0 bridgehead atoms.